The molecule has 8 heteroatoms. The van der Waals surface area contributed by atoms with E-state index in [1.165, 1.54) is 14.1 Å². The van der Waals surface area contributed by atoms with Crippen LogP contribution < -0.4 is 15.4 Å². The van der Waals surface area contributed by atoms with Crippen molar-refractivity contribution in [1.82, 2.24) is 15.5 Å². The summed E-state index contributed by atoms with van der Waals surface area (Å²) in [4.78, 5) is 26.2. The van der Waals surface area contributed by atoms with Gasteiger partial charge in [0.2, 0.25) is 0 Å². The lowest BCUT2D eigenvalue weighted by Gasteiger charge is -2.05. The average molecular weight is 296 g/mol. The molecule has 0 aliphatic heterocycles. The highest BCUT2D eigenvalue weighted by Gasteiger charge is 2.01. The molecule has 1 aromatic rings. The summed E-state index contributed by atoms with van der Waals surface area (Å²) in [5.74, 6) is 0.466. The van der Waals surface area contributed by atoms with Crippen molar-refractivity contribution >= 4 is 24.2 Å². The summed E-state index contributed by atoms with van der Waals surface area (Å²) in [7, 11) is 6.63. The third-order valence-corrected chi connectivity index (χ3v) is 1.88. The lowest BCUT2D eigenvalue weighted by Crippen LogP contribution is -2.21. The molecule has 8 nitrogen and oxygen atoms in total. The lowest BCUT2D eigenvalue weighted by atomic mass is 10.3. The minimum absolute atomic E-state index is 0.466. The van der Waals surface area contributed by atoms with Crippen LogP contribution in [0.5, 0.6) is 5.75 Å². The quantitative estimate of drug-likeness (QED) is 0.579. The Balaban J connectivity index is 0.000000690. The Labute approximate surface area is 123 Å². The van der Waals surface area contributed by atoms with Crippen LogP contribution in [0.1, 0.15) is 0 Å². The van der Waals surface area contributed by atoms with Crippen molar-refractivity contribution in [2.75, 3.05) is 28.2 Å². The average Bonchev–Trinajstić information content (AvgIpc) is 2.46. The van der Waals surface area contributed by atoms with Gasteiger partial charge < -0.3 is 25.4 Å². The van der Waals surface area contributed by atoms with Crippen LogP contribution in [0.25, 0.3) is 0 Å². The molecule has 116 valence electrons. The largest absolute Gasteiger partial charge is 0.465 e. The van der Waals surface area contributed by atoms with Gasteiger partial charge in [-0.25, -0.2) is 14.6 Å². The maximum absolute atomic E-state index is 11.0. The molecule has 0 heterocycles. The summed E-state index contributed by atoms with van der Waals surface area (Å²) < 4.78 is 4.97. The maximum Gasteiger partial charge on any atom is 0.412 e. The first-order valence-electron chi connectivity index (χ1n) is 6.00. The molecule has 0 aliphatic rings. The van der Waals surface area contributed by atoms with Crippen LogP contribution in [0.15, 0.2) is 29.3 Å². The molecule has 0 aliphatic carbocycles. The highest BCUT2D eigenvalue weighted by molar-refractivity contribution is 5.70. The van der Waals surface area contributed by atoms with Gasteiger partial charge in [0.1, 0.15) is 5.75 Å². The van der Waals surface area contributed by atoms with Crippen molar-refractivity contribution < 1.29 is 19.4 Å². The number of rotatable bonds is 3. The fraction of sp³-hybridized carbons (Fsp3) is 0.308. The first-order chi connectivity index (χ1) is 9.88. The van der Waals surface area contributed by atoms with Gasteiger partial charge in [-0.15, -0.1) is 0 Å². The van der Waals surface area contributed by atoms with Crippen LogP contribution in [0.3, 0.4) is 0 Å². The Bertz CT molecular complexity index is 489. The highest BCUT2D eigenvalue weighted by atomic mass is 16.5. The first-order valence-corrected chi connectivity index (χ1v) is 6.00. The zero-order chi connectivity index (χ0) is 16.3. The second-order valence-electron chi connectivity index (χ2n) is 3.90. The molecule has 2 amide bonds. The summed E-state index contributed by atoms with van der Waals surface area (Å²) in [5.41, 5.74) is 0.732. The van der Waals surface area contributed by atoms with Crippen molar-refractivity contribution in [3.05, 3.63) is 24.3 Å². The molecule has 0 saturated heterocycles. The Morgan fingerprint density at radius 1 is 1.29 bits per heavy atom. The van der Waals surface area contributed by atoms with E-state index in [9.17, 15) is 9.59 Å². The van der Waals surface area contributed by atoms with Gasteiger partial charge in [0.05, 0.1) is 12.0 Å². The Morgan fingerprint density at radius 2 is 1.90 bits per heavy atom. The molecule has 0 atom stereocenters. The van der Waals surface area contributed by atoms with Gasteiger partial charge in [-0.05, 0) is 12.1 Å². The molecular weight excluding hydrogens is 276 g/mol. The number of nitrogens with one attached hydrogen (secondary N) is 2. The molecular formula is C13H20N4O4. The van der Waals surface area contributed by atoms with Crippen molar-refractivity contribution in [3.63, 3.8) is 0 Å². The minimum Gasteiger partial charge on any atom is -0.465 e. The molecule has 0 saturated carbocycles. The van der Waals surface area contributed by atoms with E-state index in [1.54, 1.807) is 24.5 Å². The standard InChI is InChI=1S/C11H15N3O2.C2H5NO2/c1-12-11(15)16-10-6-4-5-9(7-10)13-8-14(2)3;1-3-2(4)5/h4-8H,1-3H3,(H,12,15);3H,1H3,(H,4,5)/b13-8-;. The molecule has 21 heavy (non-hydrogen) atoms. The number of carbonyl (C=O) groups is 2. The van der Waals surface area contributed by atoms with Gasteiger partial charge in [0, 0.05) is 34.3 Å². The Kier molecular flexibility index (Phi) is 8.74. The summed E-state index contributed by atoms with van der Waals surface area (Å²) in [6.45, 7) is 0. The first kappa shape index (κ1) is 18.2. The predicted octanol–water partition coefficient (Wildman–Crippen LogP) is 1.51. The van der Waals surface area contributed by atoms with Crippen LogP contribution in [0.4, 0.5) is 15.3 Å². The molecule has 0 aromatic heterocycles. The van der Waals surface area contributed by atoms with E-state index in [0.717, 1.165) is 5.69 Å². The van der Waals surface area contributed by atoms with Crippen LogP contribution in [-0.4, -0.2) is 56.7 Å². The molecule has 3 N–H and O–H groups in total. The van der Waals surface area contributed by atoms with Gasteiger partial charge in [-0.2, -0.15) is 0 Å². The van der Waals surface area contributed by atoms with Crippen molar-refractivity contribution in [3.8, 4) is 5.75 Å². The smallest absolute Gasteiger partial charge is 0.412 e. The van der Waals surface area contributed by atoms with Gasteiger partial charge >= 0.3 is 12.2 Å². The molecule has 0 bridgehead atoms. The number of amides is 2. The number of hydrogen-bond acceptors (Lipinski definition) is 4. The number of nitrogens with zero attached hydrogens (tertiary/aromatic N) is 2. The zero-order valence-corrected chi connectivity index (χ0v) is 12.5. The Morgan fingerprint density at radius 3 is 2.38 bits per heavy atom. The van der Waals surface area contributed by atoms with Gasteiger partial charge in [-0.3, -0.25) is 0 Å². The molecule has 0 unspecified atom stereocenters. The second kappa shape index (κ2) is 10.1. The predicted molar refractivity (Wildman–Crippen MR) is 80.4 cm³/mol. The number of hydrogen-bond donors (Lipinski definition) is 3. The van der Waals surface area contributed by atoms with Crippen LogP contribution in [0.2, 0.25) is 0 Å². The molecule has 1 rings (SSSR count). The number of aliphatic imine (C=N–C) groups is 1. The number of carboxylic acid groups (broad SMARTS) is 1. The second-order valence-corrected chi connectivity index (χ2v) is 3.90. The Hall–Kier alpha value is -2.77. The van der Waals surface area contributed by atoms with E-state index >= 15 is 0 Å². The van der Waals surface area contributed by atoms with Crippen molar-refractivity contribution in [2.24, 2.45) is 4.99 Å². The summed E-state index contributed by atoms with van der Waals surface area (Å²) in [6.07, 6.45) is 0.192. The summed E-state index contributed by atoms with van der Waals surface area (Å²) >= 11 is 0. The highest BCUT2D eigenvalue weighted by Crippen LogP contribution is 2.19. The lowest BCUT2D eigenvalue weighted by molar-refractivity contribution is 0.197. The number of ether oxygens (including phenoxy) is 1. The van der Waals surface area contributed by atoms with Crippen LogP contribution in [-0.2, 0) is 0 Å². The zero-order valence-electron chi connectivity index (χ0n) is 12.5. The van der Waals surface area contributed by atoms with Crippen LogP contribution in [0, 0.1) is 0 Å². The monoisotopic (exact) mass is 296 g/mol. The summed E-state index contributed by atoms with van der Waals surface area (Å²) in [5, 5.41) is 11.9. The third-order valence-electron chi connectivity index (χ3n) is 1.88. The van der Waals surface area contributed by atoms with E-state index < -0.39 is 12.2 Å². The SMILES string of the molecule is CNC(=O)O.CNC(=O)Oc1cccc(/N=C\N(C)C)c1. The van der Waals surface area contributed by atoms with Gasteiger partial charge in [0.15, 0.2) is 0 Å². The van der Waals surface area contributed by atoms with Crippen molar-refractivity contribution in [1.29, 1.82) is 0 Å². The number of benzene rings is 1. The van der Waals surface area contributed by atoms with E-state index in [0.29, 0.717) is 5.75 Å². The van der Waals surface area contributed by atoms with E-state index in [4.69, 9.17) is 9.84 Å². The maximum atomic E-state index is 11.0. The minimum atomic E-state index is -0.995. The fourth-order valence-corrected chi connectivity index (χ4v) is 0.968. The molecule has 0 radical (unpaired) electrons. The van der Waals surface area contributed by atoms with E-state index in [2.05, 4.69) is 10.3 Å². The van der Waals surface area contributed by atoms with Crippen LogP contribution >= 0.6 is 0 Å². The van der Waals surface area contributed by atoms with E-state index in [-0.39, 0.29) is 0 Å². The summed E-state index contributed by atoms with van der Waals surface area (Å²) in [6, 6.07) is 7.00. The van der Waals surface area contributed by atoms with Gasteiger partial charge in [-0.1, -0.05) is 6.07 Å². The fourth-order valence-electron chi connectivity index (χ4n) is 0.968. The van der Waals surface area contributed by atoms with Gasteiger partial charge in [0.25, 0.3) is 0 Å². The molecule has 1 aromatic carbocycles. The molecule has 0 spiro atoms. The third kappa shape index (κ3) is 9.77. The topological polar surface area (TPSA) is 103 Å². The van der Waals surface area contributed by atoms with Crippen molar-refractivity contribution in [2.45, 2.75) is 0 Å². The molecule has 0 fully saturated rings. The normalized spacial score (nSPS) is 9.33. The van der Waals surface area contributed by atoms with E-state index in [1.807, 2.05) is 30.4 Å². The number of carbonyl (C=O) groups excluding carboxylic acids is 1.